The molecule has 146 valence electrons. The molecule has 3 heterocycles. The van der Waals surface area contributed by atoms with E-state index in [9.17, 15) is 9.59 Å². The number of aryl methyl sites for hydroxylation is 2. The molecule has 0 aliphatic carbocycles. The topological polar surface area (TPSA) is 60.1 Å². The highest BCUT2D eigenvalue weighted by atomic mass is 16.2. The molecule has 0 radical (unpaired) electrons. The van der Waals surface area contributed by atoms with Gasteiger partial charge in [-0.1, -0.05) is 30.3 Å². The number of piperidine rings is 1. The number of nitrogens with zero attached hydrogens (tertiary/aromatic N) is 4. The molecule has 1 saturated heterocycles. The number of fused-ring (bicyclic) bond motifs is 1. The molecule has 0 saturated carbocycles. The minimum Gasteiger partial charge on any atom is -0.370 e. The fraction of sp³-hybridized carbons (Fsp3) is 0.409. The molecule has 0 spiro atoms. The van der Waals surface area contributed by atoms with Gasteiger partial charge in [-0.2, -0.15) is 0 Å². The first kappa shape index (κ1) is 18.5. The Morgan fingerprint density at radius 2 is 1.71 bits per heavy atom. The summed E-state index contributed by atoms with van der Waals surface area (Å²) in [7, 11) is 3.20. The molecule has 0 amide bonds. The van der Waals surface area contributed by atoms with E-state index < -0.39 is 0 Å². The van der Waals surface area contributed by atoms with E-state index in [-0.39, 0.29) is 11.2 Å². The van der Waals surface area contributed by atoms with Gasteiger partial charge < -0.3 is 4.90 Å². The summed E-state index contributed by atoms with van der Waals surface area (Å²) in [5.74, 6) is 0.652. The van der Waals surface area contributed by atoms with E-state index in [0.29, 0.717) is 17.0 Å². The number of rotatable bonds is 3. The normalized spacial score (nSPS) is 15.3. The van der Waals surface area contributed by atoms with Gasteiger partial charge in [0.05, 0.1) is 5.69 Å². The van der Waals surface area contributed by atoms with Crippen LogP contribution in [-0.2, 0) is 20.5 Å². The van der Waals surface area contributed by atoms with E-state index in [1.807, 2.05) is 6.92 Å². The lowest BCUT2D eigenvalue weighted by atomic mass is 9.89. The zero-order chi connectivity index (χ0) is 19.8. The minimum atomic E-state index is -0.346. The molecule has 3 aromatic rings. The minimum absolute atomic E-state index is 0.268. The maximum Gasteiger partial charge on any atom is 0.332 e. The van der Waals surface area contributed by atoms with Crippen LogP contribution in [0.2, 0.25) is 0 Å². The number of anilines is 1. The Morgan fingerprint density at radius 1 is 1.04 bits per heavy atom. The third-order valence-electron chi connectivity index (χ3n) is 5.92. The highest BCUT2D eigenvalue weighted by Gasteiger charge is 2.24. The molecule has 6 heteroatoms. The van der Waals surface area contributed by atoms with Crippen molar-refractivity contribution in [1.82, 2.24) is 14.1 Å². The van der Waals surface area contributed by atoms with Gasteiger partial charge in [0.15, 0.2) is 5.65 Å². The van der Waals surface area contributed by atoms with Gasteiger partial charge in [0, 0.05) is 33.4 Å². The summed E-state index contributed by atoms with van der Waals surface area (Å²) in [4.78, 5) is 31.9. The smallest absolute Gasteiger partial charge is 0.332 e. The summed E-state index contributed by atoms with van der Waals surface area (Å²) in [5, 5.41) is 0.547. The monoisotopic (exact) mass is 378 g/mol. The van der Waals surface area contributed by atoms with Gasteiger partial charge in [-0.15, -0.1) is 0 Å². The van der Waals surface area contributed by atoms with E-state index in [1.54, 1.807) is 13.2 Å². The molecule has 6 nitrogen and oxygen atoms in total. The van der Waals surface area contributed by atoms with Crippen molar-refractivity contribution in [2.45, 2.75) is 26.2 Å². The number of benzene rings is 1. The summed E-state index contributed by atoms with van der Waals surface area (Å²) in [6.45, 7) is 3.80. The fourth-order valence-corrected chi connectivity index (χ4v) is 4.32. The lowest BCUT2D eigenvalue weighted by Gasteiger charge is -2.35. The maximum atomic E-state index is 12.9. The largest absolute Gasteiger partial charge is 0.370 e. The average molecular weight is 378 g/mol. The van der Waals surface area contributed by atoms with Crippen molar-refractivity contribution in [3.8, 4) is 0 Å². The first-order valence-corrected chi connectivity index (χ1v) is 9.81. The van der Waals surface area contributed by atoms with Crippen molar-refractivity contribution in [3.05, 3.63) is 68.5 Å². The number of aromatic nitrogens is 3. The SMILES string of the molecule is Cc1cnc2c(c1N1CCC(Cc3ccccc3)CC1)c(=O)n(C)c(=O)n2C. The van der Waals surface area contributed by atoms with Gasteiger partial charge in [0.2, 0.25) is 0 Å². The van der Waals surface area contributed by atoms with E-state index >= 15 is 0 Å². The third kappa shape index (κ3) is 3.13. The summed E-state index contributed by atoms with van der Waals surface area (Å²) in [5.41, 5.74) is 3.14. The average Bonchev–Trinajstić information content (AvgIpc) is 2.72. The van der Waals surface area contributed by atoms with Gasteiger partial charge >= 0.3 is 5.69 Å². The van der Waals surface area contributed by atoms with Crippen LogP contribution in [0.15, 0.2) is 46.1 Å². The van der Waals surface area contributed by atoms with Crippen LogP contribution in [0.3, 0.4) is 0 Å². The fourth-order valence-electron chi connectivity index (χ4n) is 4.32. The van der Waals surface area contributed by atoms with Crippen LogP contribution < -0.4 is 16.1 Å². The first-order chi connectivity index (χ1) is 13.5. The van der Waals surface area contributed by atoms with Crippen molar-refractivity contribution < 1.29 is 0 Å². The molecule has 0 N–H and O–H groups in total. The number of pyridine rings is 1. The van der Waals surface area contributed by atoms with E-state index in [2.05, 4.69) is 40.2 Å². The van der Waals surface area contributed by atoms with Crippen LogP contribution in [0.1, 0.15) is 24.0 Å². The Hall–Kier alpha value is -2.89. The molecule has 0 atom stereocenters. The van der Waals surface area contributed by atoms with Gasteiger partial charge in [0.25, 0.3) is 5.56 Å². The number of hydrogen-bond acceptors (Lipinski definition) is 4. The van der Waals surface area contributed by atoms with Crippen molar-refractivity contribution in [2.75, 3.05) is 18.0 Å². The second-order valence-electron chi connectivity index (χ2n) is 7.81. The van der Waals surface area contributed by atoms with Gasteiger partial charge in [-0.05, 0) is 43.2 Å². The zero-order valence-electron chi connectivity index (χ0n) is 16.7. The zero-order valence-corrected chi connectivity index (χ0v) is 16.7. The lowest BCUT2D eigenvalue weighted by molar-refractivity contribution is 0.404. The van der Waals surface area contributed by atoms with Crippen LogP contribution in [0.25, 0.3) is 11.0 Å². The molecule has 1 aliphatic heterocycles. The molecule has 1 aliphatic rings. The van der Waals surface area contributed by atoms with E-state index in [0.717, 1.165) is 43.6 Å². The summed E-state index contributed by atoms with van der Waals surface area (Å²) >= 11 is 0. The Balaban J connectivity index is 1.66. The van der Waals surface area contributed by atoms with Crippen LogP contribution >= 0.6 is 0 Å². The highest BCUT2D eigenvalue weighted by Crippen LogP contribution is 2.31. The Kier molecular flexibility index (Phi) is 4.79. The van der Waals surface area contributed by atoms with Crippen molar-refractivity contribution in [2.24, 2.45) is 20.0 Å². The standard InChI is InChI=1S/C22H26N4O2/c1-15-14-23-20-18(21(27)25(3)22(28)24(20)2)19(15)26-11-9-17(10-12-26)13-16-7-5-4-6-8-16/h4-8,14,17H,9-13H2,1-3H3. The van der Waals surface area contributed by atoms with Gasteiger partial charge in [0.1, 0.15) is 5.39 Å². The van der Waals surface area contributed by atoms with Crippen LogP contribution in [-0.4, -0.2) is 27.2 Å². The van der Waals surface area contributed by atoms with E-state index in [4.69, 9.17) is 0 Å². The Labute approximate surface area is 164 Å². The molecule has 1 fully saturated rings. The Bertz CT molecular complexity index is 1120. The van der Waals surface area contributed by atoms with Crippen LogP contribution in [0.4, 0.5) is 5.69 Å². The predicted molar refractivity (Wildman–Crippen MR) is 112 cm³/mol. The molecule has 0 unspecified atom stereocenters. The van der Waals surface area contributed by atoms with Gasteiger partial charge in [-0.25, -0.2) is 9.78 Å². The van der Waals surface area contributed by atoms with Crippen molar-refractivity contribution >= 4 is 16.7 Å². The molecule has 2 aromatic heterocycles. The molecule has 1 aromatic carbocycles. The quantitative estimate of drug-likeness (QED) is 0.702. The van der Waals surface area contributed by atoms with Crippen LogP contribution in [0, 0.1) is 12.8 Å². The van der Waals surface area contributed by atoms with E-state index in [1.165, 1.54) is 21.7 Å². The lowest BCUT2D eigenvalue weighted by Crippen LogP contribution is -2.40. The first-order valence-electron chi connectivity index (χ1n) is 9.81. The Morgan fingerprint density at radius 3 is 2.39 bits per heavy atom. The van der Waals surface area contributed by atoms with Crippen LogP contribution in [0.5, 0.6) is 0 Å². The summed E-state index contributed by atoms with van der Waals surface area (Å²) < 4.78 is 2.64. The van der Waals surface area contributed by atoms with Gasteiger partial charge in [-0.3, -0.25) is 13.9 Å². The van der Waals surface area contributed by atoms with Crippen molar-refractivity contribution in [1.29, 1.82) is 0 Å². The second kappa shape index (κ2) is 7.26. The molecular weight excluding hydrogens is 352 g/mol. The molecule has 0 bridgehead atoms. The van der Waals surface area contributed by atoms with Crippen molar-refractivity contribution in [3.63, 3.8) is 0 Å². The second-order valence-corrected chi connectivity index (χ2v) is 7.81. The summed E-state index contributed by atoms with van der Waals surface area (Å²) in [6, 6.07) is 10.6. The maximum absolute atomic E-state index is 12.9. The third-order valence-corrected chi connectivity index (χ3v) is 5.92. The molecule has 28 heavy (non-hydrogen) atoms. The molecule has 4 rings (SSSR count). The predicted octanol–water partition coefficient (Wildman–Crippen LogP) is 2.40. The highest BCUT2D eigenvalue weighted by molar-refractivity contribution is 5.90. The molecular formula is C22H26N4O2. The summed E-state index contributed by atoms with van der Waals surface area (Å²) in [6.07, 6.45) is 5.04. The number of hydrogen-bond donors (Lipinski definition) is 0.